The highest BCUT2D eigenvalue weighted by molar-refractivity contribution is 5.34. The van der Waals surface area contributed by atoms with Crippen LogP contribution in [0.5, 0.6) is 11.5 Å². The first-order chi connectivity index (χ1) is 7.25. The lowest BCUT2D eigenvalue weighted by atomic mass is 10.3. The number of aromatic amines is 1. The summed E-state index contributed by atoms with van der Waals surface area (Å²) in [6, 6.07) is 6.50. The van der Waals surface area contributed by atoms with Crippen molar-refractivity contribution >= 4 is 5.82 Å². The molecule has 78 valence electrons. The second-order valence-corrected chi connectivity index (χ2v) is 2.94. The molecule has 0 aliphatic rings. The molecule has 0 aliphatic heterocycles. The molecule has 15 heavy (non-hydrogen) atoms. The van der Waals surface area contributed by atoms with Crippen LogP contribution in [0.1, 0.15) is 5.69 Å². The lowest BCUT2D eigenvalue weighted by molar-refractivity contribution is 0.300. The van der Waals surface area contributed by atoms with Gasteiger partial charge in [-0.25, -0.2) is 0 Å². The van der Waals surface area contributed by atoms with E-state index in [-0.39, 0.29) is 12.4 Å². The summed E-state index contributed by atoms with van der Waals surface area (Å²) < 4.78 is 5.35. The molecule has 0 fully saturated rings. The Hall–Kier alpha value is -2.24. The molecule has 0 aliphatic carbocycles. The zero-order valence-electron chi connectivity index (χ0n) is 7.84. The number of hydrogen-bond donors (Lipinski definition) is 3. The molecular formula is C9H10N4O2. The van der Waals surface area contributed by atoms with Gasteiger partial charge in [0.05, 0.1) is 0 Å². The number of nitrogen functional groups attached to an aromatic ring is 1. The lowest BCUT2D eigenvalue weighted by Gasteiger charge is -2.03. The third-order valence-electron chi connectivity index (χ3n) is 1.84. The monoisotopic (exact) mass is 206 g/mol. The number of benzene rings is 1. The number of anilines is 1. The Labute approximate surface area is 85.7 Å². The molecule has 0 radical (unpaired) electrons. The van der Waals surface area contributed by atoms with Gasteiger partial charge < -0.3 is 15.6 Å². The van der Waals surface area contributed by atoms with Crippen molar-refractivity contribution in [3.63, 3.8) is 0 Å². The van der Waals surface area contributed by atoms with Crippen LogP contribution in [-0.2, 0) is 6.61 Å². The van der Waals surface area contributed by atoms with Gasteiger partial charge in [-0.05, 0) is 12.1 Å². The number of aromatic nitrogens is 3. The Bertz CT molecular complexity index is 455. The fourth-order valence-electron chi connectivity index (χ4n) is 1.09. The SMILES string of the molecule is Nc1n[nH]nc1COc1cccc(O)c1. The molecule has 0 saturated carbocycles. The first-order valence-electron chi connectivity index (χ1n) is 4.32. The van der Waals surface area contributed by atoms with Crippen LogP contribution in [-0.4, -0.2) is 20.5 Å². The van der Waals surface area contributed by atoms with Crippen LogP contribution in [0.3, 0.4) is 0 Å². The van der Waals surface area contributed by atoms with Crippen molar-refractivity contribution < 1.29 is 9.84 Å². The summed E-state index contributed by atoms with van der Waals surface area (Å²) in [5, 5.41) is 19.0. The lowest BCUT2D eigenvalue weighted by Crippen LogP contribution is -1.99. The van der Waals surface area contributed by atoms with Crippen LogP contribution in [0.4, 0.5) is 5.82 Å². The summed E-state index contributed by atoms with van der Waals surface area (Å²) in [6.07, 6.45) is 0. The van der Waals surface area contributed by atoms with Gasteiger partial charge in [0.2, 0.25) is 0 Å². The van der Waals surface area contributed by atoms with Crippen LogP contribution in [0.2, 0.25) is 0 Å². The molecule has 0 atom stereocenters. The van der Waals surface area contributed by atoms with E-state index in [1.807, 2.05) is 0 Å². The zero-order valence-corrected chi connectivity index (χ0v) is 7.84. The number of H-pyrrole nitrogens is 1. The Morgan fingerprint density at radius 3 is 2.93 bits per heavy atom. The molecule has 1 aromatic carbocycles. The Morgan fingerprint density at radius 2 is 2.27 bits per heavy atom. The van der Waals surface area contributed by atoms with Gasteiger partial charge in [-0.3, -0.25) is 0 Å². The smallest absolute Gasteiger partial charge is 0.172 e. The van der Waals surface area contributed by atoms with Crippen LogP contribution in [0.25, 0.3) is 0 Å². The van der Waals surface area contributed by atoms with Crippen molar-refractivity contribution in [3.05, 3.63) is 30.0 Å². The predicted molar refractivity (Wildman–Crippen MR) is 53.2 cm³/mol. The minimum Gasteiger partial charge on any atom is -0.508 e. The number of rotatable bonds is 3. The van der Waals surface area contributed by atoms with Crippen molar-refractivity contribution in [2.45, 2.75) is 6.61 Å². The third-order valence-corrected chi connectivity index (χ3v) is 1.84. The average molecular weight is 206 g/mol. The maximum absolute atomic E-state index is 9.19. The molecule has 4 N–H and O–H groups in total. The van der Waals surface area contributed by atoms with Crippen LogP contribution < -0.4 is 10.5 Å². The third kappa shape index (κ3) is 2.16. The van der Waals surface area contributed by atoms with Crippen LogP contribution in [0.15, 0.2) is 24.3 Å². The molecule has 6 nitrogen and oxygen atoms in total. The van der Waals surface area contributed by atoms with E-state index in [1.165, 1.54) is 6.07 Å². The molecule has 6 heteroatoms. The topological polar surface area (TPSA) is 97.1 Å². The highest BCUT2D eigenvalue weighted by atomic mass is 16.5. The Morgan fingerprint density at radius 1 is 1.40 bits per heavy atom. The summed E-state index contributed by atoms with van der Waals surface area (Å²) in [6.45, 7) is 0.214. The van der Waals surface area contributed by atoms with Crippen molar-refractivity contribution in [1.82, 2.24) is 15.4 Å². The number of phenols is 1. The minimum atomic E-state index is 0.153. The summed E-state index contributed by atoms with van der Waals surface area (Å²) in [5.74, 6) is 1.02. The van der Waals surface area contributed by atoms with E-state index >= 15 is 0 Å². The number of ether oxygens (including phenoxy) is 1. The van der Waals surface area contributed by atoms with Gasteiger partial charge in [-0.1, -0.05) is 6.07 Å². The number of aromatic hydroxyl groups is 1. The van der Waals surface area contributed by atoms with Gasteiger partial charge in [0.15, 0.2) is 5.82 Å². The first-order valence-corrected chi connectivity index (χ1v) is 4.32. The number of phenolic OH excluding ortho intramolecular Hbond substituents is 1. The van der Waals surface area contributed by atoms with E-state index in [0.717, 1.165) is 0 Å². The Balaban J connectivity index is 2.02. The molecular weight excluding hydrogens is 196 g/mol. The van der Waals surface area contributed by atoms with Crippen molar-refractivity contribution in [2.24, 2.45) is 0 Å². The predicted octanol–water partition coefficient (Wildman–Crippen LogP) is 0.671. The van der Waals surface area contributed by atoms with Crippen molar-refractivity contribution in [1.29, 1.82) is 0 Å². The van der Waals surface area contributed by atoms with Gasteiger partial charge in [0.1, 0.15) is 23.8 Å². The largest absolute Gasteiger partial charge is 0.508 e. The van der Waals surface area contributed by atoms with Gasteiger partial charge >= 0.3 is 0 Å². The number of hydrogen-bond acceptors (Lipinski definition) is 5. The molecule has 0 spiro atoms. The summed E-state index contributed by atoms with van der Waals surface area (Å²) >= 11 is 0. The van der Waals surface area contributed by atoms with E-state index in [1.54, 1.807) is 18.2 Å². The number of nitrogens with one attached hydrogen (secondary N) is 1. The van der Waals surface area contributed by atoms with E-state index in [2.05, 4.69) is 15.4 Å². The van der Waals surface area contributed by atoms with Gasteiger partial charge in [-0.15, -0.1) is 5.10 Å². The molecule has 1 aromatic heterocycles. The molecule has 0 amide bonds. The summed E-state index contributed by atoms with van der Waals surface area (Å²) in [4.78, 5) is 0. The molecule has 0 unspecified atom stereocenters. The van der Waals surface area contributed by atoms with E-state index in [4.69, 9.17) is 10.5 Å². The molecule has 0 saturated heterocycles. The van der Waals surface area contributed by atoms with E-state index in [0.29, 0.717) is 17.3 Å². The number of nitrogens with two attached hydrogens (primary N) is 1. The second kappa shape index (κ2) is 3.87. The van der Waals surface area contributed by atoms with Crippen molar-refractivity contribution in [3.8, 4) is 11.5 Å². The number of nitrogens with zero attached hydrogens (tertiary/aromatic N) is 2. The summed E-state index contributed by atoms with van der Waals surface area (Å²) in [5.41, 5.74) is 6.04. The second-order valence-electron chi connectivity index (χ2n) is 2.94. The molecule has 2 rings (SSSR count). The standard InChI is InChI=1S/C9H10N4O2/c10-9-8(11-13-12-9)5-15-7-3-1-2-6(14)4-7/h1-4,14H,5H2,(H3,10,11,12,13). The zero-order chi connectivity index (χ0) is 10.7. The maximum atomic E-state index is 9.19. The van der Waals surface area contributed by atoms with Gasteiger partial charge in [-0.2, -0.15) is 10.3 Å². The normalized spacial score (nSPS) is 10.1. The van der Waals surface area contributed by atoms with Crippen molar-refractivity contribution in [2.75, 3.05) is 5.73 Å². The minimum absolute atomic E-state index is 0.153. The van der Waals surface area contributed by atoms with Crippen LogP contribution in [0, 0.1) is 0 Å². The highest BCUT2D eigenvalue weighted by Gasteiger charge is 2.04. The summed E-state index contributed by atoms with van der Waals surface area (Å²) in [7, 11) is 0. The first kappa shape index (κ1) is 9.32. The van der Waals surface area contributed by atoms with E-state index < -0.39 is 0 Å². The van der Waals surface area contributed by atoms with Gasteiger partial charge in [0.25, 0.3) is 0 Å². The molecule has 2 aromatic rings. The fraction of sp³-hybridized carbons (Fsp3) is 0.111. The quantitative estimate of drug-likeness (QED) is 0.685. The molecule has 0 bridgehead atoms. The average Bonchev–Trinajstić information content (AvgIpc) is 2.61. The van der Waals surface area contributed by atoms with Crippen LogP contribution >= 0.6 is 0 Å². The van der Waals surface area contributed by atoms with Gasteiger partial charge in [0, 0.05) is 6.07 Å². The highest BCUT2D eigenvalue weighted by Crippen LogP contribution is 2.19. The fourth-order valence-corrected chi connectivity index (χ4v) is 1.09. The van der Waals surface area contributed by atoms with E-state index in [9.17, 15) is 5.11 Å². The maximum Gasteiger partial charge on any atom is 0.172 e. The Kier molecular flexibility index (Phi) is 2.40. The molecule has 1 heterocycles.